The van der Waals surface area contributed by atoms with E-state index in [1.807, 2.05) is 4.90 Å². The number of amides is 2. The molecule has 0 N–H and O–H groups in total. The summed E-state index contributed by atoms with van der Waals surface area (Å²) in [5, 5.41) is 0. The van der Waals surface area contributed by atoms with E-state index in [9.17, 15) is 9.59 Å². The zero-order valence-electron chi connectivity index (χ0n) is 15.4. The van der Waals surface area contributed by atoms with Crippen molar-refractivity contribution in [2.45, 2.75) is 39.5 Å². The summed E-state index contributed by atoms with van der Waals surface area (Å²) in [7, 11) is 1.38. The van der Waals surface area contributed by atoms with Crippen LogP contribution in [-0.4, -0.2) is 55.1 Å². The second-order valence-corrected chi connectivity index (χ2v) is 7.41. The van der Waals surface area contributed by atoms with Crippen LogP contribution in [0.5, 0.6) is 0 Å². The first-order valence-electron chi connectivity index (χ1n) is 8.43. The highest BCUT2D eigenvalue weighted by atomic mass is 16.5. The van der Waals surface area contributed by atoms with Gasteiger partial charge in [0, 0.05) is 26.2 Å². The third-order valence-corrected chi connectivity index (χ3v) is 4.62. The van der Waals surface area contributed by atoms with E-state index in [-0.39, 0.29) is 17.4 Å². The Bertz CT molecular complexity index is 612. The number of carbonyl (C=O) groups is 2. The van der Waals surface area contributed by atoms with Gasteiger partial charge in [-0.05, 0) is 29.0 Å². The fourth-order valence-corrected chi connectivity index (χ4v) is 2.90. The smallest absolute Gasteiger partial charge is 0.409 e. The van der Waals surface area contributed by atoms with E-state index in [1.165, 1.54) is 12.7 Å². The molecule has 1 heterocycles. The number of methoxy groups -OCH3 is 1. The van der Waals surface area contributed by atoms with Gasteiger partial charge >= 0.3 is 6.09 Å². The molecule has 0 aliphatic carbocycles. The van der Waals surface area contributed by atoms with Crippen LogP contribution in [0.25, 0.3) is 0 Å². The van der Waals surface area contributed by atoms with Gasteiger partial charge in [-0.2, -0.15) is 0 Å². The van der Waals surface area contributed by atoms with Gasteiger partial charge in [0.15, 0.2) is 0 Å². The number of nitrogens with zero attached hydrogens (tertiary/aromatic N) is 2. The van der Waals surface area contributed by atoms with Crippen LogP contribution in [0.3, 0.4) is 0 Å². The van der Waals surface area contributed by atoms with E-state index < -0.39 is 0 Å². The minimum atomic E-state index is -0.323. The molecular weight excluding hydrogens is 304 g/mol. The molecule has 0 spiro atoms. The van der Waals surface area contributed by atoms with Crippen LogP contribution in [0.1, 0.15) is 37.5 Å². The first kappa shape index (κ1) is 18.3. The molecule has 2 rings (SSSR count). The number of ether oxygens (including phenoxy) is 1. The van der Waals surface area contributed by atoms with E-state index in [4.69, 9.17) is 4.74 Å². The van der Waals surface area contributed by atoms with Crippen molar-refractivity contribution in [1.29, 1.82) is 0 Å². The highest BCUT2D eigenvalue weighted by molar-refractivity contribution is 5.79. The van der Waals surface area contributed by atoms with Crippen LogP contribution in [0.4, 0.5) is 4.79 Å². The van der Waals surface area contributed by atoms with Crippen molar-refractivity contribution < 1.29 is 14.3 Å². The van der Waals surface area contributed by atoms with Gasteiger partial charge in [-0.15, -0.1) is 0 Å². The summed E-state index contributed by atoms with van der Waals surface area (Å²) >= 11 is 0. The molecule has 0 bridgehead atoms. The molecular formula is C19H28N2O3. The number of aryl methyl sites for hydroxylation is 1. The predicted octanol–water partition coefficient (Wildman–Crippen LogP) is 2.75. The zero-order valence-corrected chi connectivity index (χ0v) is 15.4. The Balaban J connectivity index is 1.97. The molecule has 5 heteroatoms. The van der Waals surface area contributed by atoms with Gasteiger partial charge < -0.3 is 14.5 Å². The van der Waals surface area contributed by atoms with Crippen molar-refractivity contribution in [3.63, 3.8) is 0 Å². The molecule has 5 nitrogen and oxygen atoms in total. The molecule has 0 aromatic heterocycles. The minimum absolute atomic E-state index is 0.109. The summed E-state index contributed by atoms with van der Waals surface area (Å²) in [4.78, 5) is 27.5. The van der Waals surface area contributed by atoms with Crippen molar-refractivity contribution in [3.05, 3.63) is 34.9 Å². The normalized spacial score (nSPS) is 15.4. The molecule has 1 aromatic rings. The standard InChI is InChI=1S/C19H28N2O3/c1-14-12-16(19(2,3)4)7-6-15(14)13-17(22)20-8-10-21(11-9-20)18(23)24-5/h6-7,12H,8-11,13H2,1-5H3. The average Bonchev–Trinajstić information content (AvgIpc) is 2.55. The Morgan fingerprint density at radius 2 is 1.67 bits per heavy atom. The summed E-state index contributed by atoms with van der Waals surface area (Å²) < 4.78 is 4.72. The fourth-order valence-electron chi connectivity index (χ4n) is 2.90. The summed E-state index contributed by atoms with van der Waals surface area (Å²) in [5.41, 5.74) is 3.62. The van der Waals surface area contributed by atoms with E-state index in [0.717, 1.165) is 11.1 Å². The highest BCUT2D eigenvalue weighted by Gasteiger charge is 2.25. The van der Waals surface area contributed by atoms with Gasteiger partial charge in [0.1, 0.15) is 0 Å². The number of piperazine rings is 1. The molecule has 24 heavy (non-hydrogen) atoms. The SMILES string of the molecule is COC(=O)N1CCN(C(=O)Cc2ccc(C(C)(C)C)cc2C)CC1. The Kier molecular flexibility index (Phi) is 5.52. The van der Waals surface area contributed by atoms with Gasteiger partial charge in [0.2, 0.25) is 5.91 Å². The quantitative estimate of drug-likeness (QED) is 0.837. The average molecular weight is 332 g/mol. The van der Waals surface area contributed by atoms with Crippen LogP contribution < -0.4 is 0 Å². The van der Waals surface area contributed by atoms with Crippen molar-refractivity contribution >= 4 is 12.0 Å². The number of hydrogen-bond acceptors (Lipinski definition) is 3. The minimum Gasteiger partial charge on any atom is -0.453 e. The Labute approximate surface area is 144 Å². The lowest BCUT2D eigenvalue weighted by atomic mass is 9.85. The van der Waals surface area contributed by atoms with Gasteiger partial charge in [-0.1, -0.05) is 39.0 Å². The summed E-state index contributed by atoms with van der Waals surface area (Å²) in [6.45, 7) is 10.8. The molecule has 2 amide bonds. The lowest BCUT2D eigenvalue weighted by Crippen LogP contribution is -2.51. The maximum Gasteiger partial charge on any atom is 0.409 e. The summed E-state index contributed by atoms with van der Waals surface area (Å²) in [6, 6.07) is 6.36. The third kappa shape index (κ3) is 4.28. The lowest BCUT2D eigenvalue weighted by Gasteiger charge is -2.34. The predicted molar refractivity (Wildman–Crippen MR) is 94.1 cm³/mol. The van der Waals surface area contributed by atoms with Crippen LogP contribution in [0.15, 0.2) is 18.2 Å². The van der Waals surface area contributed by atoms with Gasteiger partial charge in [-0.25, -0.2) is 4.79 Å². The molecule has 1 aliphatic rings. The summed E-state index contributed by atoms with van der Waals surface area (Å²) in [6.07, 6.45) is 0.0878. The number of rotatable bonds is 2. The number of benzene rings is 1. The Morgan fingerprint density at radius 3 is 2.17 bits per heavy atom. The van der Waals surface area contributed by atoms with Crippen molar-refractivity contribution in [1.82, 2.24) is 9.80 Å². The second-order valence-electron chi connectivity index (χ2n) is 7.41. The zero-order chi connectivity index (χ0) is 17.9. The van der Waals surface area contributed by atoms with E-state index in [2.05, 4.69) is 45.9 Å². The molecule has 0 atom stereocenters. The van der Waals surface area contributed by atoms with Crippen molar-refractivity contribution in [2.24, 2.45) is 0 Å². The van der Waals surface area contributed by atoms with Crippen molar-refractivity contribution in [2.75, 3.05) is 33.3 Å². The highest BCUT2D eigenvalue weighted by Crippen LogP contribution is 2.24. The van der Waals surface area contributed by atoms with E-state index in [0.29, 0.717) is 32.6 Å². The Hall–Kier alpha value is -2.04. The molecule has 1 aromatic carbocycles. The number of carbonyl (C=O) groups excluding carboxylic acids is 2. The molecule has 0 unspecified atom stereocenters. The third-order valence-electron chi connectivity index (χ3n) is 4.62. The maximum absolute atomic E-state index is 12.5. The first-order chi connectivity index (χ1) is 11.2. The number of hydrogen-bond donors (Lipinski definition) is 0. The van der Waals surface area contributed by atoms with Crippen LogP contribution in [0, 0.1) is 6.92 Å². The van der Waals surface area contributed by atoms with E-state index in [1.54, 1.807) is 4.90 Å². The second kappa shape index (κ2) is 7.24. The molecule has 132 valence electrons. The summed E-state index contributed by atoms with van der Waals surface area (Å²) in [5.74, 6) is 0.117. The molecule has 1 aliphatic heterocycles. The van der Waals surface area contributed by atoms with Crippen LogP contribution in [0.2, 0.25) is 0 Å². The van der Waals surface area contributed by atoms with E-state index >= 15 is 0 Å². The lowest BCUT2D eigenvalue weighted by molar-refractivity contribution is -0.132. The van der Waals surface area contributed by atoms with Crippen LogP contribution in [-0.2, 0) is 21.4 Å². The molecule has 0 radical (unpaired) electrons. The molecule has 1 fully saturated rings. The largest absolute Gasteiger partial charge is 0.453 e. The first-order valence-corrected chi connectivity index (χ1v) is 8.43. The fraction of sp³-hybridized carbons (Fsp3) is 0.579. The molecule has 1 saturated heterocycles. The monoisotopic (exact) mass is 332 g/mol. The van der Waals surface area contributed by atoms with Crippen molar-refractivity contribution in [3.8, 4) is 0 Å². The molecule has 0 saturated carbocycles. The Morgan fingerprint density at radius 1 is 1.08 bits per heavy atom. The maximum atomic E-state index is 12.5. The van der Waals surface area contributed by atoms with Gasteiger partial charge in [0.25, 0.3) is 0 Å². The van der Waals surface area contributed by atoms with Crippen LogP contribution >= 0.6 is 0 Å². The topological polar surface area (TPSA) is 49.9 Å². The van der Waals surface area contributed by atoms with Gasteiger partial charge in [0.05, 0.1) is 13.5 Å². The van der Waals surface area contributed by atoms with Gasteiger partial charge in [-0.3, -0.25) is 4.79 Å².